The molecule has 1 saturated heterocycles. The highest BCUT2D eigenvalue weighted by molar-refractivity contribution is 9.10. The van der Waals surface area contributed by atoms with E-state index in [1.807, 2.05) is 0 Å². The smallest absolute Gasteiger partial charge is 0.251 e. The molecule has 9 heteroatoms. The predicted molar refractivity (Wildman–Crippen MR) is 92.9 cm³/mol. The standard InChI is InChI=1S/C15H19BrN6O2/c1-21-15(19-14(20-21)10-4-6-17-7-5-10)18-12(23)9-22-8-11(16)2-3-13(22)24/h2-3,8,10,17H,4-7,9H2,1H3,(H,18,19,20,23). The third-order valence-electron chi connectivity index (χ3n) is 4.00. The van der Waals surface area contributed by atoms with E-state index >= 15 is 0 Å². The van der Waals surface area contributed by atoms with Crippen molar-refractivity contribution in [1.29, 1.82) is 0 Å². The fraction of sp³-hybridized carbons (Fsp3) is 0.467. The van der Waals surface area contributed by atoms with E-state index in [-0.39, 0.29) is 18.0 Å². The van der Waals surface area contributed by atoms with Crippen molar-refractivity contribution in [3.05, 3.63) is 39.0 Å². The number of aryl methyl sites for hydroxylation is 1. The zero-order chi connectivity index (χ0) is 17.1. The van der Waals surface area contributed by atoms with Crippen LogP contribution in [-0.4, -0.2) is 38.3 Å². The number of pyridine rings is 1. The number of hydrogen-bond acceptors (Lipinski definition) is 5. The van der Waals surface area contributed by atoms with E-state index in [0.29, 0.717) is 11.9 Å². The summed E-state index contributed by atoms with van der Waals surface area (Å²) in [5, 5.41) is 10.4. The second-order valence-electron chi connectivity index (χ2n) is 5.80. The largest absolute Gasteiger partial charge is 0.317 e. The van der Waals surface area contributed by atoms with Crippen LogP contribution in [0.4, 0.5) is 5.95 Å². The molecule has 0 unspecified atom stereocenters. The first-order valence-corrected chi connectivity index (χ1v) is 8.60. The van der Waals surface area contributed by atoms with E-state index in [0.717, 1.165) is 36.2 Å². The van der Waals surface area contributed by atoms with Crippen LogP contribution in [0.15, 0.2) is 27.6 Å². The van der Waals surface area contributed by atoms with Gasteiger partial charge in [-0.3, -0.25) is 14.9 Å². The van der Waals surface area contributed by atoms with Crippen LogP contribution < -0.4 is 16.2 Å². The van der Waals surface area contributed by atoms with Gasteiger partial charge in [-0.1, -0.05) is 0 Å². The first-order valence-electron chi connectivity index (χ1n) is 7.80. The van der Waals surface area contributed by atoms with Gasteiger partial charge in [0.1, 0.15) is 6.54 Å². The molecule has 0 aromatic carbocycles. The highest BCUT2D eigenvalue weighted by Gasteiger charge is 2.21. The highest BCUT2D eigenvalue weighted by Crippen LogP contribution is 2.23. The van der Waals surface area contributed by atoms with Crippen molar-refractivity contribution in [3.63, 3.8) is 0 Å². The van der Waals surface area contributed by atoms with Gasteiger partial charge in [0.15, 0.2) is 5.82 Å². The minimum atomic E-state index is -0.317. The Morgan fingerprint density at radius 1 is 1.42 bits per heavy atom. The van der Waals surface area contributed by atoms with Gasteiger partial charge >= 0.3 is 0 Å². The number of piperidine rings is 1. The maximum absolute atomic E-state index is 12.2. The maximum Gasteiger partial charge on any atom is 0.251 e. The number of nitrogens with zero attached hydrogens (tertiary/aromatic N) is 4. The number of carbonyl (C=O) groups is 1. The van der Waals surface area contributed by atoms with Gasteiger partial charge in [0.25, 0.3) is 5.56 Å². The molecule has 128 valence electrons. The van der Waals surface area contributed by atoms with E-state index in [4.69, 9.17) is 0 Å². The molecule has 8 nitrogen and oxygen atoms in total. The number of aromatic nitrogens is 4. The molecule has 2 aromatic heterocycles. The lowest BCUT2D eigenvalue weighted by molar-refractivity contribution is -0.116. The fourth-order valence-electron chi connectivity index (χ4n) is 2.71. The first kappa shape index (κ1) is 16.8. The number of rotatable bonds is 4. The van der Waals surface area contributed by atoms with Gasteiger partial charge in [-0.2, -0.15) is 10.1 Å². The Morgan fingerprint density at radius 2 is 2.17 bits per heavy atom. The molecule has 0 saturated carbocycles. The van der Waals surface area contributed by atoms with Crippen molar-refractivity contribution in [2.45, 2.75) is 25.3 Å². The van der Waals surface area contributed by atoms with E-state index in [1.54, 1.807) is 24.0 Å². The third kappa shape index (κ3) is 3.90. The van der Waals surface area contributed by atoms with Gasteiger partial charge in [0, 0.05) is 29.7 Å². The summed E-state index contributed by atoms with van der Waals surface area (Å²) in [7, 11) is 1.75. The molecular formula is C15H19BrN6O2. The van der Waals surface area contributed by atoms with E-state index in [2.05, 4.69) is 36.6 Å². The Morgan fingerprint density at radius 3 is 2.92 bits per heavy atom. The van der Waals surface area contributed by atoms with Crippen LogP contribution in [0.3, 0.4) is 0 Å². The molecule has 0 atom stereocenters. The van der Waals surface area contributed by atoms with Crippen molar-refractivity contribution in [1.82, 2.24) is 24.6 Å². The average molecular weight is 395 g/mol. The van der Waals surface area contributed by atoms with E-state index < -0.39 is 0 Å². The molecule has 1 fully saturated rings. The minimum Gasteiger partial charge on any atom is -0.317 e. The Balaban J connectivity index is 1.69. The van der Waals surface area contributed by atoms with Crippen LogP contribution in [0.5, 0.6) is 0 Å². The summed E-state index contributed by atoms with van der Waals surface area (Å²) in [6.45, 7) is 1.83. The van der Waals surface area contributed by atoms with Crippen molar-refractivity contribution in [2.75, 3.05) is 18.4 Å². The Bertz CT molecular complexity index is 794. The lowest BCUT2D eigenvalue weighted by Gasteiger charge is -2.19. The summed E-state index contributed by atoms with van der Waals surface area (Å²) >= 11 is 3.29. The van der Waals surface area contributed by atoms with E-state index in [9.17, 15) is 9.59 Å². The van der Waals surface area contributed by atoms with Crippen molar-refractivity contribution in [3.8, 4) is 0 Å². The molecule has 1 aliphatic rings. The summed E-state index contributed by atoms with van der Waals surface area (Å²) in [5.41, 5.74) is -0.235. The predicted octanol–water partition coefficient (Wildman–Crippen LogP) is 0.845. The number of hydrogen-bond donors (Lipinski definition) is 2. The monoisotopic (exact) mass is 394 g/mol. The van der Waals surface area contributed by atoms with Crippen LogP contribution in [0.25, 0.3) is 0 Å². The normalized spacial score (nSPS) is 15.4. The molecule has 0 aliphatic carbocycles. The van der Waals surface area contributed by atoms with Gasteiger partial charge in [-0.05, 0) is 47.9 Å². The van der Waals surface area contributed by atoms with Gasteiger partial charge in [0.05, 0.1) is 0 Å². The molecule has 3 rings (SSSR count). The molecule has 2 aromatic rings. The fourth-order valence-corrected chi connectivity index (χ4v) is 3.09. The van der Waals surface area contributed by atoms with Crippen LogP contribution in [0, 0.1) is 0 Å². The zero-order valence-electron chi connectivity index (χ0n) is 13.3. The van der Waals surface area contributed by atoms with Crippen LogP contribution in [-0.2, 0) is 18.4 Å². The Labute approximate surface area is 147 Å². The summed E-state index contributed by atoms with van der Waals surface area (Å²) in [6, 6.07) is 3.06. The number of carbonyl (C=O) groups excluding carboxylic acids is 1. The highest BCUT2D eigenvalue weighted by atomic mass is 79.9. The number of amides is 1. The average Bonchev–Trinajstić information content (AvgIpc) is 2.92. The molecule has 0 spiro atoms. The quantitative estimate of drug-likeness (QED) is 0.801. The van der Waals surface area contributed by atoms with E-state index in [1.165, 1.54) is 10.6 Å². The maximum atomic E-state index is 12.2. The summed E-state index contributed by atoms with van der Waals surface area (Å²) in [6.07, 6.45) is 3.56. The zero-order valence-corrected chi connectivity index (χ0v) is 14.9. The SMILES string of the molecule is Cn1nc(C2CCNCC2)nc1NC(=O)Cn1cc(Br)ccc1=O. The molecule has 0 radical (unpaired) electrons. The van der Waals surface area contributed by atoms with Gasteiger partial charge in [-0.15, -0.1) is 0 Å². The molecule has 1 aliphatic heterocycles. The molecule has 1 amide bonds. The number of anilines is 1. The van der Waals surface area contributed by atoms with Crippen molar-refractivity contribution in [2.24, 2.45) is 7.05 Å². The molecule has 3 heterocycles. The lowest BCUT2D eigenvalue weighted by Crippen LogP contribution is -2.27. The van der Waals surface area contributed by atoms with Gasteiger partial charge in [0.2, 0.25) is 11.9 Å². The second kappa shape index (κ2) is 7.27. The summed E-state index contributed by atoms with van der Waals surface area (Å²) < 4.78 is 3.64. The topological polar surface area (TPSA) is 93.8 Å². The summed E-state index contributed by atoms with van der Waals surface area (Å²) in [5.74, 6) is 1.16. The minimum absolute atomic E-state index is 0.0756. The Hall–Kier alpha value is -2.00. The van der Waals surface area contributed by atoms with Crippen molar-refractivity contribution < 1.29 is 4.79 Å². The van der Waals surface area contributed by atoms with Gasteiger partial charge in [-0.25, -0.2) is 4.68 Å². The third-order valence-corrected chi connectivity index (χ3v) is 4.47. The molecule has 24 heavy (non-hydrogen) atoms. The lowest BCUT2D eigenvalue weighted by atomic mass is 9.98. The summed E-state index contributed by atoms with van der Waals surface area (Å²) in [4.78, 5) is 28.4. The van der Waals surface area contributed by atoms with Crippen molar-refractivity contribution >= 4 is 27.8 Å². The van der Waals surface area contributed by atoms with Crippen LogP contribution in [0.2, 0.25) is 0 Å². The van der Waals surface area contributed by atoms with Crippen LogP contribution >= 0.6 is 15.9 Å². The first-order chi connectivity index (χ1) is 11.5. The Kier molecular flexibility index (Phi) is 5.10. The molecule has 2 N–H and O–H groups in total. The molecule has 0 bridgehead atoms. The number of halogens is 1. The molecular weight excluding hydrogens is 376 g/mol. The van der Waals surface area contributed by atoms with Crippen LogP contribution in [0.1, 0.15) is 24.6 Å². The number of nitrogens with one attached hydrogen (secondary N) is 2. The van der Waals surface area contributed by atoms with Gasteiger partial charge < -0.3 is 9.88 Å². The second-order valence-corrected chi connectivity index (χ2v) is 6.72.